The minimum atomic E-state index is -0.668. The molecule has 0 bridgehead atoms. The van der Waals surface area contributed by atoms with Crippen LogP contribution in [0.4, 0.5) is 4.79 Å². The van der Waals surface area contributed by atoms with Gasteiger partial charge in [0.15, 0.2) is 0 Å². The van der Waals surface area contributed by atoms with Crippen LogP contribution in [0.2, 0.25) is 0 Å². The molecule has 6 nitrogen and oxygen atoms in total. The Morgan fingerprint density at radius 2 is 1.52 bits per heavy atom. The third-order valence-corrected chi connectivity index (χ3v) is 4.84. The normalized spacial score (nSPS) is 19.1. The van der Waals surface area contributed by atoms with Crippen molar-refractivity contribution in [1.82, 2.24) is 4.90 Å². The predicted octanol–water partition coefficient (Wildman–Crippen LogP) is 4.71. The zero-order valence-corrected chi connectivity index (χ0v) is 17.3. The summed E-state index contributed by atoms with van der Waals surface area (Å²) in [6.07, 6.45) is 0.634. The Bertz CT molecular complexity index is 869. The third kappa shape index (κ3) is 5.08. The second-order valence-corrected chi connectivity index (χ2v) is 8.38. The molecule has 0 saturated carbocycles. The Hall–Kier alpha value is -3.02. The van der Waals surface area contributed by atoms with Gasteiger partial charge in [-0.3, -0.25) is 9.69 Å². The molecule has 6 heteroatoms. The molecule has 0 spiro atoms. The van der Waals surface area contributed by atoms with Crippen LogP contribution in [-0.4, -0.2) is 28.5 Å². The number of hydrogen-bond donors (Lipinski definition) is 1. The summed E-state index contributed by atoms with van der Waals surface area (Å²) in [6, 6.07) is 14.4. The minimum Gasteiger partial charge on any atom is -0.457 e. The number of nitrogens with two attached hydrogens (primary N) is 1. The number of likely N-dealkylation sites (tertiary alicyclic amines) is 1. The second-order valence-electron chi connectivity index (χ2n) is 8.38. The lowest BCUT2D eigenvalue weighted by molar-refractivity contribution is -0.122. The number of nitrogens with zero attached hydrogens (tertiary/aromatic N) is 1. The highest BCUT2D eigenvalue weighted by atomic mass is 16.6. The van der Waals surface area contributed by atoms with Crippen molar-refractivity contribution < 1.29 is 19.1 Å². The van der Waals surface area contributed by atoms with Crippen LogP contribution in [-0.2, 0) is 9.53 Å². The molecule has 0 unspecified atom stereocenters. The molecule has 3 rings (SSSR count). The van der Waals surface area contributed by atoms with Gasteiger partial charge in [-0.1, -0.05) is 29.8 Å². The second kappa shape index (κ2) is 8.15. The highest BCUT2D eigenvalue weighted by molar-refractivity contribution is 5.85. The SMILES string of the molecule is Cc1ccc(Oc2ccc([C@H]3CC[C@@H](C(N)=O)N3C(=O)OC(C)(C)C)cc2)cc1. The summed E-state index contributed by atoms with van der Waals surface area (Å²) in [5, 5.41) is 0. The maximum atomic E-state index is 12.8. The smallest absolute Gasteiger partial charge is 0.411 e. The summed E-state index contributed by atoms with van der Waals surface area (Å²) in [7, 11) is 0. The quantitative estimate of drug-likeness (QED) is 0.811. The summed E-state index contributed by atoms with van der Waals surface area (Å²) in [5.41, 5.74) is 6.97. The maximum Gasteiger partial charge on any atom is 0.411 e. The number of carbonyl (C=O) groups is 2. The van der Waals surface area contributed by atoms with Crippen LogP contribution >= 0.6 is 0 Å². The first kappa shape index (κ1) is 20.7. The molecular formula is C23H28N2O4. The van der Waals surface area contributed by atoms with Gasteiger partial charge in [-0.2, -0.15) is 0 Å². The lowest BCUT2D eigenvalue weighted by Crippen LogP contribution is -2.46. The molecule has 2 aromatic rings. The average Bonchev–Trinajstić information content (AvgIpc) is 3.08. The highest BCUT2D eigenvalue weighted by Gasteiger charge is 2.42. The van der Waals surface area contributed by atoms with Crippen LogP contribution in [0.5, 0.6) is 11.5 Å². The molecule has 1 heterocycles. The predicted molar refractivity (Wildman–Crippen MR) is 111 cm³/mol. The van der Waals surface area contributed by atoms with E-state index in [1.807, 2.05) is 55.5 Å². The molecule has 154 valence electrons. The molecule has 1 saturated heterocycles. The van der Waals surface area contributed by atoms with Gasteiger partial charge in [-0.05, 0) is 70.4 Å². The van der Waals surface area contributed by atoms with Gasteiger partial charge in [-0.15, -0.1) is 0 Å². The van der Waals surface area contributed by atoms with E-state index >= 15 is 0 Å². The number of carbonyl (C=O) groups excluding carboxylic acids is 2. The zero-order valence-electron chi connectivity index (χ0n) is 17.3. The lowest BCUT2D eigenvalue weighted by atomic mass is 10.0. The van der Waals surface area contributed by atoms with Crippen molar-refractivity contribution in [3.8, 4) is 11.5 Å². The first-order valence-corrected chi connectivity index (χ1v) is 9.79. The third-order valence-electron chi connectivity index (χ3n) is 4.84. The lowest BCUT2D eigenvalue weighted by Gasteiger charge is -2.31. The standard InChI is InChI=1S/C23H28N2O4/c1-15-5-9-17(10-6-15)28-18-11-7-16(8-12-18)19-13-14-20(21(24)26)25(19)22(27)29-23(2,3)4/h5-12,19-20H,13-14H2,1-4H3,(H2,24,26)/t19-,20+/m1/s1. The van der Waals surface area contributed by atoms with Crippen molar-refractivity contribution in [3.63, 3.8) is 0 Å². The van der Waals surface area contributed by atoms with E-state index < -0.39 is 23.6 Å². The van der Waals surface area contributed by atoms with E-state index in [9.17, 15) is 9.59 Å². The molecule has 29 heavy (non-hydrogen) atoms. The van der Waals surface area contributed by atoms with Crippen LogP contribution < -0.4 is 10.5 Å². The van der Waals surface area contributed by atoms with Gasteiger partial charge in [0.25, 0.3) is 0 Å². The number of amides is 2. The monoisotopic (exact) mass is 396 g/mol. The van der Waals surface area contributed by atoms with Crippen molar-refractivity contribution in [2.75, 3.05) is 0 Å². The Labute approximate surface area is 171 Å². The molecule has 0 aromatic heterocycles. The van der Waals surface area contributed by atoms with Gasteiger partial charge in [0.05, 0.1) is 6.04 Å². The molecule has 1 aliphatic heterocycles. The number of benzene rings is 2. The topological polar surface area (TPSA) is 81.9 Å². The number of hydrogen-bond acceptors (Lipinski definition) is 4. The zero-order chi connectivity index (χ0) is 21.2. The fraction of sp³-hybridized carbons (Fsp3) is 0.391. The summed E-state index contributed by atoms with van der Waals surface area (Å²) >= 11 is 0. The van der Waals surface area contributed by atoms with E-state index in [2.05, 4.69) is 0 Å². The molecule has 1 fully saturated rings. The Balaban J connectivity index is 1.79. The van der Waals surface area contributed by atoms with Gasteiger partial charge in [-0.25, -0.2) is 4.79 Å². The van der Waals surface area contributed by atoms with E-state index in [0.29, 0.717) is 18.6 Å². The largest absolute Gasteiger partial charge is 0.457 e. The maximum absolute atomic E-state index is 12.8. The van der Waals surface area contributed by atoms with E-state index in [-0.39, 0.29) is 6.04 Å². The van der Waals surface area contributed by atoms with Crippen LogP contribution in [0, 0.1) is 6.92 Å². The van der Waals surface area contributed by atoms with Crippen LogP contribution in [0.3, 0.4) is 0 Å². The van der Waals surface area contributed by atoms with E-state index in [1.165, 1.54) is 10.5 Å². The molecular weight excluding hydrogens is 368 g/mol. The summed E-state index contributed by atoms with van der Waals surface area (Å²) in [5.74, 6) is 0.942. The van der Waals surface area contributed by atoms with Crippen molar-refractivity contribution in [2.45, 2.75) is 58.2 Å². The molecule has 2 amide bonds. The number of primary amides is 1. The van der Waals surface area contributed by atoms with Crippen molar-refractivity contribution in [3.05, 3.63) is 59.7 Å². The number of rotatable bonds is 4. The summed E-state index contributed by atoms with van der Waals surface area (Å²) in [4.78, 5) is 26.1. The van der Waals surface area contributed by atoms with E-state index in [1.54, 1.807) is 20.8 Å². The number of aryl methyl sites for hydroxylation is 1. The van der Waals surface area contributed by atoms with Gasteiger partial charge >= 0.3 is 6.09 Å². The van der Waals surface area contributed by atoms with Crippen LogP contribution in [0.15, 0.2) is 48.5 Å². The fourth-order valence-electron chi connectivity index (χ4n) is 3.49. The Kier molecular flexibility index (Phi) is 5.82. The fourth-order valence-corrected chi connectivity index (χ4v) is 3.49. The molecule has 0 radical (unpaired) electrons. The van der Waals surface area contributed by atoms with Crippen molar-refractivity contribution in [1.29, 1.82) is 0 Å². The van der Waals surface area contributed by atoms with Gasteiger partial charge in [0.2, 0.25) is 5.91 Å². The van der Waals surface area contributed by atoms with Crippen molar-refractivity contribution in [2.24, 2.45) is 5.73 Å². The highest BCUT2D eigenvalue weighted by Crippen LogP contribution is 2.38. The molecule has 0 aliphatic carbocycles. The first-order chi connectivity index (χ1) is 13.6. The van der Waals surface area contributed by atoms with Gasteiger partial charge in [0, 0.05) is 0 Å². The molecule has 1 aliphatic rings. The van der Waals surface area contributed by atoms with Gasteiger partial charge in [0.1, 0.15) is 23.1 Å². The van der Waals surface area contributed by atoms with Crippen LogP contribution in [0.1, 0.15) is 50.8 Å². The molecule has 2 N–H and O–H groups in total. The van der Waals surface area contributed by atoms with E-state index in [4.69, 9.17) is 15.2 Å². The summed E-state index contributed by atoms with van der Waals surface area (Å²) < 4.78 is 11.4. The van der Waals surface area contributed by atoms with Crippen LogP contribution in [0.25, 0.3) is 0 Å². The average molecular weight is 396 g/mol. The van der Waals surface area contributed by atoms with Crippen molar-refractivity contribution >= 4 is 12.0 Å². The molecule has 2 aromatic carbocycles. The Morgan fingerprint density at radius 1 is 0.966 bits per heavy atom. The van der Waals surface area contributed by atoms with E-state index in [0.717, 1.165) is 11.3 Å². The summed E-state index contributed by atoms with van der Waals surface area (Å²) in [6.45, 7) is 7.42. The minimum absolute atomic E-state index is 0.268. The molecule has 2 atom stereocenters. The van der Waals surface area contributed by atoms with Gasteiger partial charge < -0.3 is 15.2 Å². The number of ether oxygens (including phenoxy) is 2. The first-order valence-electron chi connectivity index (χ1n) is 9.79. The Morgan fingerprint density at radius 3 is 2.03 bits per heavy atom.